The maximum atomic E-state index is 12.6. The zero-order chi connectivity index (χ0) is 36.5. The molecule has 0 bridgehead atoms. The Kier molecular flexibility index (Phi) is 20.9. The van der Waals surface area contributed by atoms with E-state index in [1.54, 1.807) is 0 Å². The molecule has 1 aliphatic carbocycles. The number of aliphatic hydroxyl groups excluding tert-OH is 3. The Balaban J connectivity index is 2.63. The van der Waals surface area contributed by atoms with Crippen LogP contribution in [0.1, 0.15) is 103 Å². The van der Waals surface area contributed by atoms with Crippen LogP contribution in [0, 0.1) is 0 Å². The van der Waals surface area contributed by atoms with Gasteiger partial charge < -0.3 is 49.6 Å². The van der Waals surface area contributed by atoms with Crippen LogP contribution < -0.4 is 0 Å². The van der Waals surface area contributed by atoms with Gasteiger partial charge in [0.15, 0.2) is 0 Å². The molecule has 48 heavy (non-hydrogen) atoms. The highest BCUT2D eigenvalue weighted by Gasteiger charge is 2.56. The summed E-state index contributed by atoms with van der Waals surface area (Å²) >= 11 is 0. The third-order valence-corrected chi connectivity index (χ3v) is 9.42. The topological polar surface area (TPSA) is 314 Å². The second-order valence-electron chi connectivity index (χ2n) is 11.6. The molecular weight excluding hydrogens is 709 g/mol. The Morgan fingerprint density at radius 2 is 1.04 bits per heavy atom. The highest BCUT2D eigenvalue weighted by Crippen LogP contribution is 2.51. The number of hydrogen-bond acceptors (Lipinski definition) is 13. The maximum absolute atomic E-state index is 12.6. The minimum atomic E-state index is -5.58. The van der Waals surface area contributed by atoms with E-state index in [0.717, 1.165) is 32.1 Å². The number of carbonyl (C=O) groups is 2. The molecule has 19 nitrogen and oxygen atoms in total. The van der Waals surface area contributed by atoms with Crippen LogP contribution in [-0.4, -0.2) is 106 Å². The van der Waals surface area contributed by atoms with Gasteiger partial charge >= 0.3 is 35.4 Å². The largest absolute Gasteiger partial charge is 0.481 e. The van der Waals surface area contributed by atoms with Crippen LogP contribution in [0.15, 0.2) is 0 Å². The van der Waals surface area contributed by atoms with E-state index in [2.05, 4.69) is 25.0 Å². The fourth-order valence-electron chi connectivity index (χ4n) is 5.08. The van der Waals surface area contributed by atoms with Crippen molar-refractivity contribution in [3.63, 3.8) is 0 Å². The van der Waals surface area contributed by atoms with Gasteiger partial charge in [0, 0.05) is 6.42 Å². The van der Waals surface area contributed by atoms with Crippen molar-refractivity contribution in [2.24, 2.45) is 0 Å². The first-order chi connectivity index (χ1) is 22.3. The van der Waals surface area contributed by atoms with Crippen LogP contribution in [-0.2, 0) is 46.1 Å². The molecule has 1 rings (SSSR count). The molecule has 8 atom stereocenters. The van der Waals surface area contributed by atoms with Crippen molar-refractivity contribution in [3.05, 3.63) is 0 Å². The number of rotatable bonds is 26. The SMILES string of the molecule is CCCCCCCCCCCCCCCC(=O)O[C@@H](COP(=O)(O)OC1C(O)[C@H](OP(=O)(O)O)[C@H](OP(=O)(O)O)C(O)[C@@H]1O)CC(=O)O. The average molecular weight is 761 g/mol. The molecule has 1 aliphatic rings. The van der Waals surface area contributed by atoms with Gasteiger partial charge in [0.2, 0.25) is 0 Å². The number of ether oxygens (including phenoxy) is 1. The summed E-state index contributed by atoms with van der Waals surface area (Å²) in [4.78, 5) is 70.2. The van der Waals surface area contributed by atoms with E-state index < -0.39 is 91.2 Å². The summed E-state index contributed by atoms with van der Waals surface area (Å²) in [7, 11) is -16.6. The number of unbranched alkanes of at least 4 members (excludes halogenated alkanes) is 12. The Bertz CT molecular complexity index is 1100. The molecule has 9 N–H and O–H groups in total. The molecule has 22 heteroatoms. The molecule has 0 heterocycles. The zero-order valence-corrected chi connectivity index (χ0v) is 29.5. The molecule has 0 saturated heterocycles. The van der Waals surface area contributed by atoms with Crippen LogP contribution in [0.3, 0.4) is 0 Å². The molecule has 1 fully saturated rings. The zero-order valence-electron chi connectivity index (χ0n) is 26.8. The first-order valence-corrected chi connectivity index (χ1v) is 20.4. The summed E-state index contributed by atoms with van der Waals surface area (Å²) in [6, 6.07) is 0. The first kappa shape index (κ1) is 45.2. The summed E-state index contributed by atoms with van der Waals surface area (Å²) in [5.41, 5.74) is 0. The van der Waals surface area contributed by atoms with Gasteiger partial charge in [-0.25, -0.2) is 13.7 Å². The Morgan fingerprint density at radius 1 is 0.625 bits per heavy atom. The number of aliphatic hydroxyl groups is 3. The van der Waals surface area contributed by atoms with Crippen molar-refractivity contribution in [3.8, 4) is 0 Å². The molecule has 0 aromatic carbocycles. The number of phosphoric ester groups is 3. The number of carboxylic acids is 1. The van der Waals surface area contributed by atoms with E-state index in [1.165, 1.54) is 44.9 Å². The molecule has 0 radical (unpaired) electrons. The summed E-state index contributed by atoms with van der Waals surface area (Å²) < 4.78 is 58.2. The van der Waals surface area contributed by atoms with Gasteiger partial charge in [-0.15, -0.1) is 0 Å². The van der Waals surface area contributed by atoms with E-state index in [-0.39, 0.29) is 6.42 Å². The van der Waals surface area contributed by atoms with Crippen LogP contribution in [0.4, 0.5) is 0 Å². The van der Waals surface area contributed by atoms with E-state index in [4.69, 9.17) is 29.4 Å². The van der Waals surface area contributed by atoms with Crippen LogP contribution in [0.25, 0.3) is 0 Å². The van der Waals surface area contributed by atoms with E-state index in [9.17, 15) is 43.5 Å². The van der Waals surface area contributed by atoms with Gasteiger partial charge in [-0.1, -0.05) is 84.0 Å². The molecule has 0 spiro atoms. The van der Waals surface area contributed by atoms with Crippen molar-refractivity contribution in [1.82, 2.24) is 0 Å². The lowest BCUT2D eigenvalue weighted by Crippen LogP contribution is -2.65. The number of aliphatic carboxylic acids is 1. The highest BCUT2D eigenvalue weighted by atomic mass is 31.2. The molecule has 0 aromatic rings. The number of esters is 1. The fraction of sp³-hybridized carbons (Fsp3) is 0.923. The molecule has 0 amide bonds. The van der Waals surface area contributed by atoms with Crippen LogP contribution in [0.2, 0.25) is 0 Å². The minimum Gasteiger partial charge on any atom is -0.481 e. The number of carboxylic acid groups (broad SMARTS) is 1. The van der Waals surface area contributed by atoms with E-state index >= 15 is 0 Å². The lowest BCUT2D eigenvalue weighted by atomic mass is 9.85. The van der Waals surface area contributed by atoms with E-state index in [1.807, 2.05) is 0 Å². The lowest BCUT2D eigenvalue weighted by molar-refractivity contribution is -0.213. The molecular formula is C26H51O19P3. The number of carbonyl (C=O) groups excluding carboxylic acids is 1. The van der Waals surface area contributed by atoms with Gasteiger partial charge in [0.05, 0.1) is 13.0 Å². The number of hydrogen-bond donors (Lipinski definition) is 9. The summed E-state index contributed by atoms with van der Waals surface area (Å²) in [6.07, 6.45) is -3.43. The van der Waals surface area contributed by atoms with Gasteiger partial charge in [0.1, 0.15) is 42.7 Å². The predicted molar refractivity (Wildman–Crippen MR) is 165 cm³/mol. The quantitative estimate of drug-likeness (QED) is 0.0347. The summed E-state index contributed by atoms with van der Waals surface area (Å²) in [6.45, 7) is 1.16. The van der Waals surface area contributed by atoms with Gasteiger partial charge in [-0.3, -0.25) is 27.7 Å². The van der Waals surface area contributed by atoms with Gasteiger partial charge in [-0.2, -0.15) is 0 Å². The molecule has 1 saturated carbocycles. The Labute approximate surface area is 279 Å². The second-order valence-corrected chi connectivity index (χ2v) is 15.4. The van der Waals surface area contributed by atoms with Crippen molar-refractivity contribution in [2.45, 2.75) is 146 Å². The molecule has 4 unspecified atom stereocenters. The normalized spacial score (nSPS) is 25.4. The molecule has 0 aliphatic heterocycles. The predicted octanol–water partition coefficient (Wildman–Crippen LogP) is 2.41. The van der Waals surface area contributed by atoms with Crippen LogP contribution in [0.5, 0.6) is 0 Å². The molecule has 0 aromatic heterocycles. The summed E-state index contributed by atoms with van der Waals surface area (Å²) in [5.74, 6) is -2.25. The Hall–Kier alpha value is -0.850. The lowest BCUT2D eigenvalue weighted by Gasteiger charge is -2.44. The van der Waals surface area contributed by atoms with Crippen LogP contribution >= 0.6 is 23.5 Å². The summed E-state index contributed by atoms with van der Waals surface area (Å²) in [5, 5.41) is 40.3. The van der Waals surface area contributed by atoms with Gasteiger partial charge in [0.25, 0.3) is 0 Å². The van der Waals surface area contributed by atoms with Crippen molar-refractivity contribution in [2.75, 3.05) is 6.61 Å². The third-order valence-electron chi connectivity index (χ3n) is 7.40. The first-order valence-electron chi connectivity index (χ1n) is 15.9. The fourth-order valence-corrected chi connectivity index (χ4v) is 7.17. The maximum Gasteiger partial charge on any atom is 0.472 e. The highest BCUT2D eigenvalue weighted by molar-refractivity contribution is 7.47. The second kappa shape index (κ2) is 22.2. The van der Waals surface area contributed by atoms with E-state index in [0.29, 0.717) is 6.42 Å². The smallest absolute Gasteiger partial charge is 0.472 e. The minimum absolute atomic E-state index is 0.0572. The molecule has 284 valence electrons. The standard InChI is InChI=1S/C26H51O19P3/c1-2-3-4-5-6-7-8-9-10-11-12-13-14-15-20(29)42-18(16-19(27)28)17-41-48(39,40)45-24-21(30)22(31)25(43-46(33,34)35)26(23(24)32)44-47(36,37)38/h18,21-26,30-32H,2-17H2,1H3,(H,27,28)(H,39,40)(H2,33,34,35)(H2,36,37,38)/t18-,21+,22?,23?,24?,25-,26+/m1/s1. The number of phosphoric acid groups is 3. The van der Waals surface area contributed by atoms with Crippen molar-refractivity contribution >= 4 is 35.4 Å². The Morgan fingerprint density at radius 3 is 1.48 bits per heavy atom. The van der Waals surface area contributed by atoms with Gasteiger partial charge in [-0.05, 0) is 6.42 Å². The van der Waals surface area contributed by atoms with Crippen molar-refractivity contribution in [1.29, 1.82) is 0 Å². The van der Waals surface area contributed by atoms with Crippen molar-refractivity contribution < 1.29 is 91.0 Å². The third kappa shape index (κ3) is 19.5. The average Bonchev–Trinajstić information content (AvgIpc) is 2.96. The monoisotopic (exact) mass is 760 g/mol.